The molecule has 0 saturated carbocycles. The fourth-order valence-corrected chi connectivity index (χ4v) is 2.78. The normalized spacial score (nSPS) is 13.0. The van der Waals surface area contributed by atoms with Gasteiger partial charge in [0.05, 0.1) is 10.6 Å². The molecule has 0 aliphatic carbocycles. The second kappa shape index (κ2) is 6.51. The zero-order valence-corrected chi connectivity index (χ0v) is 13.5. The summed E-state index contributed by atoms with van der Waals surface area (Å²) in [6, 6.07) is 6.95. The number of amides is 1. The minimum absolute atomic E-state index is 0.329. The first-order chi connectivity index (χ1) is 9.85. The lowest BCUT2D eigenvalue weighted by molar-refractivity contribution is 0.0490. The van der Waals surface area contributed by atoms with Crippen molar-refractivity contribution in [2.45, 2.75) is 32.4 Å². The molecule has 7 heteroatoms. The van der Waals surface area contributed by atoms with Crippen LogP contribution in [0.25, 0.3) is 0 Å². The topological polar surface area (TPSA) is 63.5 Å². The van der Waals surface area contributed by atoms with E-state index in [2.05, 4.69) is 10.9 Å². The van der Waals surface area contributed by atoms with Gasteiger partial charge in [0, 0.05) is 4.88 Å². The van der Waals surface area contributed by atoms with Crippen molar-refractivity contribution in [1.29, 1.82) is 0 Å². The molecule has 1 unspecified atom stereocenters. The van der Waals surface area contributed by atoms with Crippen molar-refractivity contribution < 1.29 is 13.9 Å². The molecule has 0 saturated heterocycles. The van der Waals surface area contributed by atoms with Crippen LogP contribution in [0.5, 0.6) is 0 Å². The molecule has 5 nitrogen and oxygen atoms in total. The van der Waals surface area contributed by atoms with Gasteiger partial charge in [0.2, 0.25) is 0 Å². The van der Waals surface area contributed by atoms with Crippen molar-refractivity contribution in [2.24, 2.45) is 0 Å². The summed E-state index contributed by atoms with van der Waals surface area (Å²) in [4.78, 5) is 12.6. The summed E-state index contributed by atoms with van der Waals surface area (Å²) in [6.07, 6.45) is 1.02. The Morgan fingerprint density at radius 2 is 2.14 bits per heavy atom. The molecular weight excluding hydrogens is 312 g/mol. The Morgan fingerprint density at radius 1 is 1.38 bits per heavy atom. The largest absolute Gasteiger partial charge is 0.467 e. The van der Waals surface area contributed by atoms with Crippen LogP contribution in [-0.4, -0.2) is 11.7 Å². The monoisotopic (exact) mass is 328 g/mol. The van der Waals surface area contributed by atoms with E-state index in [9.17, 15) is 4.79 Å². The SMILES string of the molecule is CC(C)(C)OC(=O)NNC(c1ccco1)c1ccc(Cl)s1. The van der Waals surface area contributed by atoms with E-state index in [0.717, 1.165) is 4.88 Å². The molecule has 0 spiro atoms. The van der Waals surface area contributed by atoms with Crippen molar-refractivity contribution in [3.05, 3.63) is 45.5 Å². The van der Waals surface area contributed by atoms with Crippen LogP contribution in [0.3, 0.4) is 0 Å². The summed E-state index contributed by atoms with van der Waals surface area (Å²) >= 11 is 7.37. The molecule has 21 heavy (non-hydrogen) atoms. The first-order valence-corrected chi connectivity index (χ1v) is 7.58. The van der Waals surface area contributed by atoms with Crippen LogP contribution in [-0.2, 0) is 4.74 Å². The van der Waals surface area contributed by atoms with Gasteiger partial charge in [0.1, 0.15) is 17.4 Å². The molecule has 1 amide bonds. The van der Waals surface area contributed by atoms with Crippen LogP contribution < -0.4 is 10.9 Å². The van der Waals surface area contributed by atoms with Crippen molar-refractivity contribution in [3.63, 3.8) is 0 Å². The fourth-order valence-electron chi connectivity index (χ4n) is 1.66. The summed E-state index contributed by atoms with van der Waals surface area (Å²) in [6.45, 7) is 5.40. The van der Waals surface area contributed by atoms with E-state index in [1.165, 1.54) is 11.3 Å². The van der Waals surface area contributed by atoms with Gasteiger partial charge in [-0.3, -0.25) is 5.43 Å². The molecule has 2 aromatic heterocycles. The molecule has 0 aliphatic heterocycles. The first kappa shape index (κ1) is 15.9. The van der Waals surface area contributed by atoms with Gasteiger partial charge >= 0.3 is 6.09 Å². The van der Waals surface area contributed by atoms with E-state index in [-0.39, 0.29) is 6.04 Å². The Balaban J connectivity index is 2.06. The predicted octanol–water partition coefficient (Wildman–Crippen LogP) is 4.11. The highest BCUT2D eigenvalue weighted by molar-refractivity contribution is 7.16. The molecule has 0 fully saturated rings. The maximum absolute atomic E-state index is 11.7. The van der Waals surface area contributed by atoms with Gasteiger partial charge in [0.15, 0.2) is 0 Å². The number of hydrogen-bond donors (Lipinski definition) is 2. The van der Waals surface area contributed by atoms with Crippen molar-refractivity contribution >= 4 is 29.0 Å². The highest BCUT2D eigenvalue weighted by atomic mass is 35.5. The Morgan fingerprint density at radius 3 is 2.67 bits per heavy atom. The molecule has 0 bridgehead atoms. The smallest absolute Gasteiger partial charge is 0.422 e. The van der Waals surface area contributed by atoms with Gasteiger partial charge < -0.3 is 9.15 Å². The van der Waals surface area contributed by atoms with E-state index >= 15 is 0 Å². The van der Waals surface area contributed by atoms with Crippen LogP contribution in [0.4, 0.5) is 4.79 Å². The minimum Gasteiger partial charge on any atom is -0.467 e. The van der Waals surface area contributed by atoms with Gasteiger partial charge in [-0.05, 0) is 45.0 Å². The average molecular weight is 329 g/mol. The van der Waals surface area contributed by atoms with Gasteiger partial charge in [-0.1, -0.05) is 11.6 Å². The third-order valence-corrected chi connectivity index (χ3v) is 3.72. The van der Waals surface area contributed by atoms with Gasteiger partial charge in [0.25, 0.3) is 0 Å². The van der Waals surface area contributed by atoms with E-state index in [0.29, 0.717) is 10.1 Å². The standard InChI is InChI=1S/C14H17ClN2O3S/c1-14(2,3)20-13(18)17-16-12(9-5-4-8-19-9)10-6-7-11(15)21-10/h4-8,12,16H,1-3H3,(H,17,18). The van der Waals surface area contributed by atoms with Crippen molar-refractivity contribution in [2.75, 3.05) is 0 Å². The first-order valence-electron chi connectivity index (χ1n) is 6.38. The van der Waals surface area contributed by atoms with Crippen LogP contribution in [0.2, 0.25) is 4.34 Å². The lowest BCUT2D eigenvalue weighted by Crippen LogP contribution is -2.43. The zero-order valence-electron chi connectivity index (χ0n) is 12.0. The van der Waals surface area contributed by atoms with Crippen LogP contribution >= 0.6 is 22.9 Å². The molecule has 2 aromatic rings. The molecule has 2 N–H and O–H groups in total. The minimum atomic E-state index is -0.557. The molecule has 1 atom stereocenters. The summed E-state index contributed by atoms with van der Waals surface area (Å²) in [5.41, 5.74) is 4.88. The maximum atomic E-state index is 11.7. The van der Waals surface area contributed by atoms with E-state index in [4.69, 9.17) is 20.8 Å². The highest BCUT2D eigenvalue weighted by Gasteiger charge is 2.21. The third kappa shape index (κ3) is 4.77. The number of carbonyl (C=O) groups is 1. The summed E-state index contributed by atoms with van der Waals surface area (Å²) in [5.74, 6) is 0.671. The van der Waals surface area contributed by atoms with Gasteiger partial charge in [-0.25, -0.2) is 10.2 Å². The fraction of sp³-hybridized carbons (Fsp3) is 0.357. The van der Waals surface area contributed by atoms with E-state index < -0.39 is 11.7 Å². The second-order valence-electron chi connectivity index (χ2n) is 5.36. The average Bonchev–Trinajstić information content (AvgIpc) is 2.99. The van der Waals surface area contributed by atoms with E-state index in [1.54, 1.807) is 39.2 Å². The number of thiophene rings is 1. The molecule has 0 aromatic carbocycles. The quantitative estimate of drug-likeness (QED) is 0.829. The molecule has 0 aliphatic rings. The Bertz CT molecular complexity index is 590. The Labute approximate surface area is 132 Å². The molecule has 0 radical (unpaired) electrons. The number of carbonyl (C=O) groups excluding carboxylic acids is 1. The number of hydrogen-bond acceptors (Lipinski definition) is 5. The zero-order chi connectivity index (χ0) is 15.5. The second-order valence-corrected chi connectivity index (χ2v) is 7.11. The lowest BCUT2D eigenvalue weighted by atomic mass is 10.2. The number of furan rings is 1. The number of halogens is 1. The Kier molecular flexibility index (Phi) is 4.92. The summed E-state index contributed by atoms with van der Waals surface area (Å²) in [7, 11) is 0. The Hall–Kier alpha value is -1.50. The molecule has 2 rings (SSSR count). The van der Waals surface area contributed by atoms with Crippen molar-refractivity contribution in [1.82, 2.24) is 10.9 Å². The number of ether oxygens (including phenoxy) is 1. The molecule has 114 valence electrons. The van der Waals surface area contributed by atoms with E-state index in [1.807, 2.05) is 12.1 Å². The van der Waals surface area contributed by atoms with Crippen LogP contribution in [0, 0.1) is 0 Å². The summed E-state index contributed by atoms with van der Waals surface area (Å²) < 4.78 is 11.2. The predicted molar refractivity (Wildman–Crippen MR) is 82.4 cm³/mol. The van der Waals surface area contributed by atoms with Crippen LogP contribution in [0.15, 0.2) is 34.9 Å². The number of hydrazine groups is 1. The third-order valence-electron chi connectivity index (χ3n) is 2.42. The highest BCUT2D eigenvalue weighted by Crippen LogP contribution is 2.30. The summed E-state index contributed by atoms with van der Waals surface area (Å²) in [5, 5.41) is 0. The number of nitrogens with one attached hydrogen (secondary N) is 2. The van der Waals surface area contributed by atoms with Gasteiger partial charge in [-0.2, -0.15) is 0 Å². The lowest BCUT2D eigenvalue weighted by Gasteiger charge is -2.21. The van der Waals surface area contributed by atoms with Crippen molar-refractivity contribution in [3.8, 4) is 0 Å². The molecular formula is C14H17ClN2O3S. The van der Waals surface area contributed by atoms with Gasteiger partial charge in [-0.15, -0.1) is 11.3 Å². The molecule has 2 heterocycles. The maximum Gasteiger partial charge on any atom is 0.422 e. The van der Waals surface area contributed by atoms with Crippen LogP contribution in [0.1, 0.15) is 37.5 Å². The number of rotatable bonds is 4.